The van der Waals surface area contributed by atoms with Crippen LogP contribution in [0.4, 0.5) is 4.79 Å². The molecule has 1 spiro atoms. The van der Waals surface area contributed by atoms with Crippen LogP contribution in [0.25, 0.3) is 0 Å². The van der Waals surface area contributed by atoms with Crippen molar-refractivity contribution in [2.75, 3.05) is 13.7 Å². The zero-order valence-corrected chi connectivity index (χ0v) is 13.2. The molecule has 1 N–H and O–H groups in total. The lowest BCUT2D eigenvalue weighted by atomic mass is 9.78. The summed E-state index contributed by atoms with van der Waals surface area (Å²) in [7, 11) is 1.61. The first kappa shape index (κ1) is 15.6. The zero-order chi connectivity index (χ0) is 16.4. The first-order valence-corrected chi connectivity index (χ1v) is 7.85. The summed E-state index contributed by atoms with van der Waals surface area (Å²) >= 11 is 0. The van der Waals surface area contributed by atoms with Crippen LogP contribution in [0.3, 0.4) is 0 Å². The maximum absolute atomic E-state index is 12.2. The maximum atomic E-state index is 12.2. The predicted octanol–water partition coefficient (Wildman–Crippen LogP) is 2.66. The van der Waals surface area contributed by atoms with Gasteiger partial charge in [-0.3, -0.25) is 9.69 Å². The van der Waals surface area contributed by atoms with E-state index in [0.29, 0.717) is 25.9 Å². The first-order chi connectivity index (χ1) is 11.0. The minimum atomic E-state index is -0.797. The van der Waals surface area contributed by atoms with E-state index in [9.17, 15) is 14.7 Å². The number of carbonyl (C=O) groups excluding carboxylic acids is 1. The molecule has 1 aliphatic carbocycles. The molecule has 3 rings (SSSR count). The third kappa shape index (κ3) is 3.25. The van der Waals surface area contributed by atoms with Crippen LogP contribution < -0.4 is 4.74 Å². The molecule has 0 bridgehead atoms. The molecule has 1 heterocycles. The number of carboxylic acids is 1. The molecule has 1 saturated carbocycles. The van der Waals surface area contributed by atoms with Crippen LogP contribution in [-0.2, 0) is 16.1 Å². The van der Waals surface area contributed by atoms with Gasteiger partial charge < -0.3 is 14.6 Å². The Morgan fingerprint density at radius 1 is 1.43 bits per heavy atom. The fourth-order valence-electron chi connectivity index (χ4n) is 3.54. The van der Waals surface area contributed by atoms with E-state index >= 15 is 0 Å². The van der Waals surface area contributed by atoms with Crippen LogP contribution in [0, 0.1) is 5.92 Å². The lowest BCUT2D eigenvalue weighted by Crippen LogP contribution is -2.41. The van der Waals surface area contributed by atoms with Crippen molar-refractivity contribution < 1.29 is 24.2 Å². The minimum Gasteiger partial charge on any atom is -0.497 e. The number of methoxy groups -OCH3 is 1. The van der Waals surface area contributed by atoms with Gasteiger partial charge in [-0.1, -0.05) is 12.1 Å². The van der Waals surface area contributed by atoms with Gasteiger partial charge in [0.15, 0.2) is 0 Å². The number of hydrogen-bond acceptors (Lipinski definition) is 4. The Balaban J connectivity index is 1.68. The Labute approximate surface area is 135 Å². The Kier molecular flexibility index (Phi) is 4.15. The molecule has 2 aliphatic rings. The Bertz CT molecular complexity index is 600. The number of amides is 1. The van der Waals surface area contributed by atoms with Crippen molar-refractivity contribution in [1.29, 1.82) is 0 Å². The van der Waals surface area contributed by atoms with E-state index < -0.39 is 17.5 Å². The standard InChI is InChI=1S/C17H21NO5/c1-22-14-6-4-12(5-7-14)10-18-11-17(23-16(18)21)8-2-3-13(9-17)15(19)20/h4-7,13H,2-3,8-11H2,1H3,(H,19,20). The summed E-state index contributed by atoms with van der Waals surface area (Å²) < 4.78 is 10.7. The number of carboxylic acid groups (broad SMARTS) is 1. The topological polar surface area (TPSA) is 76.1 Å². The normalized spacial score (nSPS) is 27.1. The SMILES string of the molecule is COc1ccc(CN2CC3(CCCC(C(=O)O)C3)OC2=O)cc1. The lowest BCUT2D eigenvalue weighted by Gasteiger charge is -2.34. The third-order valence-electron chi connectivity index (χ3n) is 4.73. The summed E-state index contributed by atoms with van der Waals surface area (Å²) in [6.07, 6.45) is 2.23. The molecule has 1 aliphatic heterocycles. The molecular weight excluding hydrogens is 298 g/mol. The van der Waals surface area contributed by atoms with E-state index in [1.165, 1.54) is 0 Å². The van der Waals surface area contributed by atoms with Crippen LogP contribution in [0.15, 0.2) is 24.3 Å². The molecule has 2 atom stereocenters. The van der Waals surface area contributed by atoms with Crippen molar-refractivity contribution in [1.82, 2.24) is 4.90 Å². The van der Waals surface area contributed by atoms with Crippen molar-refractivity contribution >= 4 is 12.1 Å². The Morgan fingerprint density at radius 3 is 2.83 bits per heavy atom. The number of rotatable bonds is 4. The van der Waals surface area contributed by atoms with Gasteiger partial charge in [0.1, 0.15) is 11.4 Å². The molecule has 1 aromatic rings. The highest BCUT2D eigenvalue weighted by molar-refractivity contribution is 5.72. The van der Waals surface area contributed by atoms with E-state index in [1.807, 2.05) is 24.3 Å². The molecule has 6 heteroatoms. The number of aliphatic carboxylic acids is 1. The van der Waals surface area contributed by atoms with Crippen LogP contribution in [-0.4, -0.2) is 41.3 Å². The number of nitrogens with zero attached hydrogens (tertiary/aromatic N) is 1. The van der Waals surface area contributed by atoms with Crippen LogP contribution in [0.1, 0.15) is 31.2 Å². The molecule has 23 heavy (non-hydrogen) atoms. The number of benzene rings is 1. The maximum Gasteiger partial charge on any atom is 0.410 e. The summed E-state index contributed by atoms with van der Waals surface area (Å²) in [6.45, 7) is 0.921. The fourth-order valence-corrected chi connectivity index (χ4v) is 3.54. The van der Waals surface area contributed by atoms with Gasteiger partial charge in [-0.2, -0.15) is 0 Å². The van der Waals surface area contributed by atoms with Gasteiger partial charge in [0.25, 0.3) is 0 Å². The van der Waals surface area contributed by atoms with Gasteiger partial charge in [-0.15, -0.1) is 0 Å². The van der Waals surface area contributed by atoms with Crippen LogP contribution >= 0.6 is 0 Å². The predicted molar refractivity (Wildman–Crippen MR) is 82.2 cm³/mol. The van der Waals surface area contributed by atoms with Crippen molar-refractivity contribution in [3.05, 3.63) is 29.8 Å². The smallest absolute Gasteiger partial charge is 0.410 e. The zero-order valence-electron chi connectivity index (χ0n) is 13.2. The highest BCUT2D eigenvalue weighted by Crippen LogP contribution is 2.40. The molecule has 2 unspecified atom stereocenters. The van der Waals surface area contributed by atoms with E-state index in [0.717, 1.165) is 24.2 Å². The lowest BCUT2D eigenvalue weighted by molar-refractivity contribution is -0.145. The van der Waals surface area contributed by atoms with Gasteiger partial charge >= 0.3 is 12.1 Å². The van der Waals surface area contributed by atoms with Crippen LogP contribution in [0.2, 0.25) is 0 Å². The second kappa shape index (κ2) is 6.10. The second-order valence-electron chi connectivity index (χ2n) is 6.39. The monoisotopic (exact) mass is 319 g/mol. The highest BCUT2D eigenvalue weighted by Gasteiger charge is 2.49. The Morgan fingerprint density at radius 2 is 2.17 bits per heavy atom. The third-order valence-corrected chi connectivity index (χ3v) is 4.73. The average molecular weight is 319 g/mol. The molecule has 1 amide bonds. The van der Waals surface area contributed by atoms with Gasteiger partial charge in [0, 0.05) is 13.0 Å². The molecule has 124 valence electrons. The summed E-state index contributed by atoms with van der Waals surface area (Å²) in [5.74, 6) is -0.447. The summed E-state index contributed by atoms with van der Waals surface area (Å²) in [5.41, 5.74) is 0.357. The fraction of sp³-hybridized carbons (Fsp3) is 0.529. The molecular formula is C17H21NO5. The molecule has 6 nitrogen and oxygen atoms in total. The molecule has 1 aromatic carbocycles. The van der Waals surface area contributed by atoms with Gasteiger partial charge in [-0.25, -0.2) is 4.79 Å². The molecule has 2 fully saturated rings. The van der Waals surface area contributed by atoms with Gasteiger partial charge in [-0.05, 0) is 37.0 Å². The molecule has 0 radical (unpaired) electrons. The van der Waals surface area contributed by atoms with Crippen molar-refractivity contribution in [2.24, 2.45) is 5.92 Å². The summed E-state index contributed by atoms with van der Waals surface area (Å²) in [5, 5.41) is 9.23. The summed E-state index contributed by atoms with van der Waals surface area (Å²) in [6, 6.07) is 7.54. The first-order valence-electron chi connectivity index (χ1n) is 7.85. The van der Waals surface area contributed by atoms with E-state index in [2.05, 4.69) is 0 Å². The summed E-state index contributed by atoms with van der Waals surface area (Å²) in [4.78, 5) is 25.1. The van der Waals surface area contributed by atoms with Crippen molar-refractivity contribution in [3.8, 4) is 5.75 Å². The van der Waals surface area contributed by atoms with E-state index in [4.69, 9.17) is 9.47 Å². The molecule has 1 saturated heterocycles. The minimum absolute atomic E-state index is 0.355. The van der Waals surface area contributed by atoms with Gasteiger partial charge in [0.2, 0.25) is 0 Å². The van der Waals surface area contributed by atoms with E-state index in [-0.39, 0.29) is 6.09 Å². The largest absolute Gasteiger partial charge is 0.497 e. The quantitative estimate of drug-likeness (QED) is 0.923. The number of hydrogen-bond donors (Lipinski definition) is 1. The average Bonchev–Trinajstić information content (AvgIpc) is 2.83. The number of carbonyl (C=O) groups is 2. The second-order valence-corrected chi connectivity index (χ2v) is 6.39. The highest BCUT2D eigenvalue weighted by atomic mass is 16.6. The van der Waals surface area contributed by atoms with Crippen molar-refractivity contribution in [2.45, 2.75) is 37.8 Å². The Hall–Kier alpha value is -2.24. The van der Waals surface area contributed by atoms with Crippen LogP contribution in [0.5, 0.6) is 5.75 Å². The van der Waals surface area contributed by atoms with Gasteiger partial charge in [0.05, 0.1) is 19.6 Å². The van der Waals surface area contributed by atoms with E-state index in [1.54, 1.807) is 12.0 Å². The molecule has 0 aromatic heterocycles. The number of ether oxygens (including phenoxy) is 2. The van der Waals surface area contributed by atoms with Crippen molar-refractivity contribution in [3.63, 3.8) is 0 Å².